The highest BCUT2D eigenvalue weighted by atomic mass is 16.2. The van der Waals surface area contributed by atoms with Gasteiger partial charge in [0.15, 0.2) is 0 Å². The minimum absolute atomic E-state index is 0.0154. The number of likely N-dealkylation sites (tertiary alicyclic amines) is 2. The second-order valence-electron chi connectivity index (χ2n) is 8.23. The Kier molecular flexibility index (Phi) is 4.82. The van der Waals surface area contributed by atoms with Crippen molar-refractivity contribution in [1.29, 1.82) is 0 Å². The molecule has 0 unspecified atom stereocenters. The second kappa shape index (κ2) is 7.13. The maximum absolute atomic E-state index is 12.7. The zero-order valence-electron chi connectivity index (χ0n) is 16.2. The van der Waals surface area contributed by atoms with Crippen molar-refractivity contribution in [2.45, 2.75) is 30.8 Å². The van der Waals surface area contributed by atoms with Crippen LogP contribution in [0.1, 0.15) is 19.3 Å². The maximum atomic E-state index is 12.7. The molecule has 7 heteroatoms. The zero-order valence-corrected chi connectivity index (χ0v) is 16.2. The molecule has 2 N–H and O–H groups in total. The summed E-state index contributed by atoms with van der Waals surface area (Å²) in [7, 11) is 4.20. The van der Waals surface area contributed by atoms with Crippen molar-refractivity contribution in [3.8, 4) is 0 Å². The Morgan fingerprint density at radius 3 is 2.56 bits per heavy atom. The molecule has 0 aliphatic carbocycles. The van der Waals surface area contributed by atoms with Crippen molar-refractivity contribution in [3.05, 3.63) is 24.3 Å². The predicted molar refractivity (Wildman–Crippen MR) is 106 cm³/mol. The highest BCUT2D eigenvalue weighted by Crippen LogP contribution is 2.36. The van der Waals surface area contributed by atoms with E-state index in [1.165, 1.54) is 0 Å². The summed E-state index contributed by atoms with van der Waals surface area (Å²) in [5.74, 6) is 0.197. The van der Waals surface area contributed by atoms with Gasteiger partial charge in [0.1, 0.15) is 5.54 Å². The standard InChI is InChI=1S/C20H29N5O2/c1-23(2)15-7-10-24(13-15)14-18(26)25-11-8-20(9-12-25)19(27)21-16-5-3-4-6-17(16)22-20/h3-6,15,22H,7-14H2,1-2H3,(H,21,27)/t15-/m0/s1. The Morgan fingerprint density at radius 1 is 1.19 bits per heavy atom. The van der Waals surface area contributed by atoms with Gasteiger partial charge in [-0.3, -0.25) is 14.5 Å². The molecule has 0 aromatic heterocycles. The molecule has 0 radical (unpaired) electrons. The van der Waals surface area contributed by atoms with E-state index in [0.29, 0.717) is 38.5 Å². The molecule has 146 valence electrons. The van der Waals surface area contributed by atoms with Crippen LogP contribution >= 0.6 is 0 Å². The number of nitrogens with zero attached hydrogens (tertiary/aromatic N) is 3. The topological polar surface area (TPSA) is 67.9 Å². The fourth-order valence-electron chi connectivity index (χ4n) is 4.42. The van der Waals surface area contributed by atoms with E-state index in [1.807, 2.05) is 29.2 Å². The van der Waals surface area contributed by atoms with Crippen molar-refractivity contribution >= 4 is 23.2 Å². The van der Waals surface area contributed by atoms with Crippen LogP contribution in [0.5, 0.6) is 0 Å². The van der Waals surface area contributed by atoms with Crippen molar-refractivity contribution in [2.24, 2.45) is 0 Å². The molecule has 0 saturated carbocycles. The van der Waals surface area contributed by atoms with E-state index in [-0.39, 0.29) is 11.8 Å². The minimum atomic E-state index is -0.602. The maximum Gasteiger partial charge on any atom is 0.250 e. The number of para-hydroxylation sites is 2. The molecule has 2 amide bonds. The van der Waals surface area contributed by atoms with E-state index >= 15 is 0 Å². The Hall–Kier alpha value is -2.12. The Labute approximate surface area is 160 Å². The molecule has 3 heterocycles. The summed E-state index contributed by atoms with van der Waals surface area (Å²) in [4.78, 5) is 31.8. The number of piperidine rings is 1. The van der Waals surface area contributed by atoms with Crippen LogP contribution in [0.3, 0.4) is 0 Å². The smallest absolute Gasteiger partial charge is 0.250 e. The van der Waals surface area contributed by atoms with Gasteiger partial charge in [-0.15, -0.1) is 0 Å². The number of carbonyl (C=O) groups is 2. The molecular weight excluding hydrogens is 342 g/mol. The zero-order chi connectivity index (χ0) is 19.0. The molecule has 2 saturated heterocycles. The van der Waals surface area contributed by atoms with Crippen LogP contribution in [0.2, 0.25) is 0 Å². The molecule has 1 spiro atoms. The summed E-state index contributed by atoms with van der Waals surface area (Å²) in [6, 6.07) is 8.31. The third-order valence-electron chi connectivity index (χ3n) is 6.29. The largest absolute Gasteiger partial charge is 0.369 e. The van der Waals surface area contributed by atoms with Crippen LogP contribution < -0.4 is 10.6 Å². The van der Waals surface area contributed by atoms with Gasteiger partial charge in [-0.1, -0.05) is 12.1 Å². The summed E-state index contributed by atoms with van der Waals surface area (Å²) >= 11 is 0. The number of hydrogen-bond donors (Lipinski definition) is 2. The van der Waals surface area contributed by atoms with Gasteiger partial charge in [0.05, 0.1) is 17.9 Å². The summed E-state index contributed by atoms with van der Waals surface area (Å²) in [6.45, 7) is 3.66. The number of hydrogen-bond acceptors (Lipinski definition) is 5. The van der Waals surface area contributed by atoms with E-state index in [9.17, 15) is 9.59 Å². The number of fused-ring (bicyclic) bond motifs is 1. The molecule has 2 fully saturated rings. The second-order valence-corrected chi connectivity index (χ2v) is 8.23. The third kappa shape index (κ3) is 3.53. The van der Waals surface area contributed by atoms with E-state index in [4.69, 9.17) is 0 Å². The lowest BCUT2D eigenvalue weighted by atomic mass is 9.84. The molecule has 27 heavy (non-hydrogen) atoms. The monoisotopic (exact) mass is 371 g/mol. The molecule has 3 aliphatic heterocycles. The van der Waals surface area contributed by atoms with Crippen LogP contribution in [0.4, 0.5) is 11.4 Å². The van der Waals surface area contributed by atoms with Crippen LogP contribution in [0.25, 0.3) is 0 Å². The highest BCUT2D eigenvalue weighted by molar-refractivity contribution is 6.06. The van der Waals surface area contributed by atoms with Gasteiger partial charge in [-0.2, -0.15) is 0 Å². The summed E-state index contributed by atoms with van der Waals surface area (Å²) in [5.41, 5.74) is 1.19. The number of benzene rings is 1. The van der Waals surface area contributed by atoms with E-state index in [0.717, 1.165) is 30.9 Å². The molecule has 4 rings (SSSR count). The van der Waals surface area contributed by atoms with Gasteiger partial charge in [-0.05, 0) is 45.5 Å². The van der Waals surface area contributed by atoms with Crippen molar-refractivity contribution < 1.29 is 9.59 Å². The Balaban J connectivity index is 1.34. The van der Waals surface area contributed by atoms with Gasteiger partial charge in [0.25, 0.3) is 0 Å². The first-order valence-electron chi connectivity index (χ1n) is 9.82. The number of likely N-dealkylation sites (N-methyl/N-ethyl adjacent to an activating group) is 1. The molecule has 1 atom stereocenters. The first kappa shape index (κ1) is 18.3. The van der Waals surface area contributed by atoms with Crippen molar-refractivity contribution in [2.75, 3.05) is 57.5 Å². The molecular formula is C20H29N5O2. The van der Waals surface area contributed by atoms with Gasteiger partial charge >= 0.3 is 0 Å². The van der Waals surface area contributed by atoms with Gasteiger partial charge in [0, 0.05) is 32.2 Å². The van der Waals surface area contributed by atoms with Gasteiger partial charge in [0.2, 0.25) is 11.8 Å². The molecule has 1 aromatic carbocycles. The van der Waals surface area contributed by atoms with Crippen LogP contribution in [-0.2, 0) is 9.59 Å². The Bertz CT molecular complexity index is 727. The fraction of sp³-hybridized carbons (Fsp3) is 0.600. The lowest BCUT2D eigenvalue weighted by Crippen LogP contribution is -2.59. The Morgan fingerprint density at radius 2 is 1.89 bits per heavy atom. The lowest BCUT2D eigenvalue weighted by Gasteiger charge is -2.44. The molecule has 0 bridgehead atoms. The third-order valence-corrected chi connectivity index (χ3v) is 6.29. The number of amides is 2. The minimum Gasteiger partial charge on any atom is -0.369 e. The van der Waals surface area contributed by atoms with Crippen LogP contribution in [0, 0.1) is 0 Å². The average molecular weight is 371 g/mol. The van der Waals surface area contributed by atoms with Crippen molar-refractivity contribution in [3.63, 3.8) is 0 Å². The fourth-order valence-corrected chi connectivity index (χ4v) is 4.42. The van der Waals surface area contributed by atoms with Gasteiger partial charge in [-0.25, -0.2) is 0 Å². The number of anilines is 2. The first-order valence-corrected chi connectivity index (χ1v) is 9.82. The number of rotatable bonds is 3. The van der Waals surface area contributed by atoms with E-state index in [1.54, 1.807) is 0 Å². The first-order chi connectivity index (χ1) is 13.0. The van der Waals surface area contributed by atoms with E-state index in [2.05, 4.69) is 34.5 Å². The quantitative estimate of drug-likeness (QED) is 0.831. The van der Waals surface area contributed by atoms with Crippen LogP contribution in [0.15, 0.2) is 24.3 Å². The molecule has 7 nitrogen and oxygen atoms in total. The normalized spacial score (nSPS) is 24.6. The predicted octanol–water partition coefficient (Wildman–Crippen LogP) is 1.05. The number of carbonyl (C=O) groups excluding carboxylic acids is 2. The highest BCUT2D eigenvalue weighted by Gasteiger charge is 2.45. The average Bonchev–Trinajstić information content (AvgIpc) is 3.12. The molecule has 1 aromatic rings. The summed E-state index contributed by atoms with van der Waals surface area (Å²) in [5, 5.41) is 6.47. The SMILES string of the molecule is CN(C)[C@H]1CCN(CC(=O)N2CCC3(CC2)Nc2ccccc2NC3=O)C1. The van der Waals surface area contributed by atoms with Gasteiger partial charge < -0.3 is 20.4 Å². The van der Waals surface area contributed by atoms with E-state index < -0.39 is 5.54 Å². The summed E-state index contributed by atoms with van der Waals surface area (Å²) < 4.78 is 0. The number of nitrogens with one attached hydrogen (secondary N) is 2. The summed E-state index contributed by atoms with van der Waals surface area (Å²) in [6.07, 6.45) is 2.39. The lowest BCUT2D eigenvalue weighted by molar-refractivity contribution is -0.135. The van der Waals surface area contributed by atoms with Crippen molar-refractivity contribution in [1.82, 2.24) is 14.7 Å². The molecule has 3 aliphatic rings. The van der Waals surface area contributed by atoms with Crippen LogP contribution in [-0.4, -0.2) is 84.9 Å².